The fourth-order valence-corrected chi connectivity index (χ4v) is 2.89. The number of likely N-dealkylation sites (tertiary alicyclic amines) is 1. The summed E-state index contributed by atoms with van der Waals surface area (Å²) in [5.41, 5.74) is 0. The zero-order valence-corrected chi connectivity index (χ0v) is 13.1. The van der Waals surface area contributed by atoms with E-state index < -0.39 is 0 Å². The minimum atomic E-state index is -0.349. The van der Waals surface area contributed by atoms with Gasteiger partial charge >= 0.3 is 0 Å². The number of aromatic nitrogens is 4. The van der Waals surface area contributed by atoms with Crippen LogP contribution in [0.25, 0.3) is 0 Å². The molecule has 1 aromatic rings. The maximum Gasteiger partial charge on any atom is 0.230 e. The van der Waals surface area contributed by atoms with Gasteiger partial charge in [-0.05, 0) is 32.1 Å². The van der Waals surface area contributed by atoms with Gasteiger partial charge in [-0.25, -0.2) is 0 Å². The van der Waals surface area contributed by atoms with E-state index in [2.05, 4.69) is 20.6 Å². The molecule has 1 aliphatic rings. The van der Waals surface area contributed by atoms with Crippen molar-refractivity contribution in [1.82, 2.24) is 25.5 Å². The number of aliphatic hydroxyl groups is 1. The van der Waals surface area contributed by atoms with Crippen LogP contribution in [0.15, 0.2) is 0 Å². The molecule has 8 nitrogen and oxygen atoms in total. The molecule has 8 heteroatoms. The first-order valence-electron chi connectivity index (χ1n) is 7.87. The van der Waals surface area contributed by atoms with Crippen LogP contribution in [-0.4, -0.2) is 69.4 Å². The van der Waals surface area contributed by atoms with Gasteiger partial charge in [0.25, 0.3) is 0 Å². The molecular weight excluding hydrogens is 286 g/mol. The van der Waals surface area contributed by atoms with Crippen LogP contribution in [0, 0.1) is 5.92 Å². The Hall–Kier alpha value is -1.54. The Morgan fingerprint density at radius 3 is 3.14 bits per heavy atom. The first kappa shape index (κ1) is 16.8. The largest absolute Gasteiger partial charge is 0.393 e. The van der Waals surface area contributed by atoms with Crippen molar-refractivity contribution in [3.8, 4) is 0 Å². The summed E-state index contributed by atoms with van der Waals surface area (Å²) in [6.45, 7) is 2.08. The van der Waals surface area contributed by atoms with Gasteiger partial charge in [-0.15, -0.1) is 10.2 Å². The molecular formula is C14H25N5O3. The number of H-pyrrole nitrogens is 1. The summed E-state index contributed by atoms with van der Waals surface area (Å²) in [5, 5.41) is 23.7. The van der Waals surface area contributed by atoms with Crippen molar-refractivity contribution in [1.29, 1.82) is 0 Å². The lowest BCUT2D eigenvalue weighted by Gasteiger charge is -2.35. The highest BCUT2D eigenvalue weighted by Gasteiger charge is 2.28. The molecule has 1 aromatic heterocycles. The first-order chi connectivity index (χ1) is 10.7. The standard InChI is InChI=1S/C14H25N5O3/c1-22-8-3-2-6-12(20)11-5-4-7-19(10-11)14(21)9-13-15-17-18-16-13/h11-12,20H,2-10H2,1H3,(H,15,16,17,18)/t11-,12?/m1/s1. The molecule has 1 amide bonds. The van der Waals surface area contributed by atoms with Crippen LogP contribution in [0.5, 0.6) is 0 Å². The monoisotopic (exact) mass is 311 g/mol. The maximum absolute atomic E-state index is 12.2. The zero-order valence-electron chi connectivity index (χ0n) is 13.1. The van der Waals surface area contributed by atoms with Gasteiger partial charge in [0.15, 0.2) is 5.82 Å². The Kier molecular flexibility index (Phi) is 6.73. The number of carbonyl (C=O) groups excluding carboxylic acids is 1. The average Bonchev–Trinajstić information content (AvgIpc) is 3.04. The van der Waals surface area contributed by atoms with Crippen LogP contribution in [0.3, 0.4) is 0 Å². The third-order valence-electron chi connectivity index (χ3n) is 4.15. The minimum absolute atomic E-state index is 0.00215. The number of hydrogen-bond donors (Lipinski definition) is 2. The van der Waals surface area contributed by atoms with Crippen molar-refractivity contribution in [3.63, 3.8) is 0 Å². The van der Waals surface area contributed by atoms with Gasteiger partial charge in [-0.2, -0.15) is 5.21 Å². The SMILES string of the molecule is COCCCCC(O)[C@@H]1CCCN(C(=O)Cc2nn[nH]n2)C1. The molecule has 2 atom stereocenters. The number of carbonyl (C=O) groups is 1. The molecule has 0 saturated carbocycles. The normalized spacial score (nSPS) is 20.1. The van der Waals surface area contributed by atoms with Crippen LogP contribution in [0.2, 0.25) is 0 Å². The fourth-order valence-electron chi connectivity index (χ4n) is 2.89. The lowest BCUT2D eigenvalue weighted by atomic mass is 9.89. The van der Waals surface area contributed by atoms with E-state index in [1.165, 1.54) is 0 Å². The van der Waals surface area contributed by atoms with Crippen LogP contribution >= 0.6 is 0 Å². The molecule has 0 spiro atoms. The summed E-state index contributed by atoms with van der Waals surface area (Å²) in [7, 11) is 1.69. The second-order valence-corrected chi connectivity index (χ2v) is 5.80. The molecule has 2 rings (SSSR count). The number of nitrogens with zero attached hydrogens (tertiary/aromatic N) is 4. The number of hydrogen-bond acceptors (Lipinski definition) is 6. The number of aromatic amines is 1. The van der Waals surface area contributed by atoms with Gasteiger partial charge in [-0.3, -0.25) is 4.79 Å². The number of amides is 1. The third kappa shape index (κ3) is 5.03. The first-order valence-corrected chi connectivity index (χ1v) is 7.87. The number of ether oxygens (including phenoxy) is 1. The molecule has 1 fully saturated rings. The Bertz CT molecular complexity index is 440. The second-order valence-electron chi connectivity index (χ2n) is 5.80. The molecule has 124 valence electrons. The van der Waals surface area contributed by atoms with E-state index in [4.69, 9.17) is 4.74 Å². The topological polar surface area (TPSA) is 104 Å². The number of nitrogens with one attached hydrogen (secondary N) is 1. The highest BCUT2D eigenvalue weighted by atomic mass is 16.5. The molecule has 0 aliphatic carbocycles. The molecule has 0 aromatic carbocycles. The van der Waals surface area contributed by atoms with Crippen molar-refractivity contribution in [2.75, 3.05) is 26.8 Å². The Morgan fingerprint density at radius 2 is 2.41 bits per heavy atom. The van der Waals surface area contributed by atoms with Crippen LogP contribution in [0.4, 0.5) is 0 Å². The Morgan fingerprint density at radius 1 is 1.55 bits per heavy atom. The highest BCUT2D eigenvalue weighted by molar-refractivity contribution is 5.78. The zero-order chi connectivity index (χ0) is 15.8. The number of methoxy groups -OCH3 is 1. The molecule has 0 bridgehead atoms. The van der Waals surface area contributed by atoms with E-state index in [9.17, 15) is 9.90 Å². The molecule has 1 aliphatic heterocycles. The van der Waals surface area contributed by atoms with Gasteiger partial charge in [0.1, 0.15) is 0 Å². The maximum atomic E-state index is 12.2. The number of tetrazole rings is 1. The summed E-state index contributed by atoms with van der Waals surface area (Å²) in [6.07, 6.45) is 4.38. The number of aliphatic hydroxyl groups excluding tert-OH is 1. The van der Waals surface area contributed by atoms with Gasteiger partial charge in [-0.1, -0.05) is 5.21 Å². The van der Waals surface area contributed by atoms with Crippen molar-refractivity contribution in [3.05, 3.63) is 5.82 Å². The summed E-state index contributed by atoms with van der Waals surface area (Å²) in [5.74, 6) is 0.565. The quantitative estimate of drug-likeness (QED) is 0.663. The Balaban J connectivity index is 1.76. The Labute approximate surface area is 130 Å². The predicted molar refractivity (Wildman–Crippen MR) is 78.9 cm³/mol. The summed E-state index contributed by atoms with van der Waals surface area (Å²) in [6, 6.07) is 0. The molecule has 22 heavy (non-hydrogen) atoms. The van der Waals surface area contributed by atoms with Crippen molar-refractivity contribution in [2.45, 2.75) is 44.6 Å². The molecule has 1 saturated heterocycles. The van der Waals surface area contributed by atoms with E-state index in [-0.39, 0.29) is 24.3 Å². The third-order valence-corrected chi connectivity index (χ3v) is 4.15. The average molecular weight is 311 g/mol. The van der Waals surface area contributed by atoms with Crippen LogP contribution in [0.1, 0.15) is 37.9 Å². The van der Waals surface area contributed by atoms with Gasteiger partial charge in [0.2, 0.25) is 5.91 Å². The number of piperidine rings is 1. The fraction of sp³-hybridized carbons (Fsp3) is 0.857. The van der Waals surface area contributed by atoms with Crippen molar-refractivity contribution in [2.24, 2.45) is 5.92 Å². The number of unbranched alkanes of at least 4 members (excludes halogenated alkanes) is 1. The smallest absolute Gasteiger partial charge is 0.230 e. The summed E-state index contributed by atoms with van der Waals surface area (Å²) < 4.78 is 5.01. The van der Waals surface area contributed by atoms with Gasteiger partial charge in [0.05, 0.1) is 12.5 Å². The summed E-state index contributed by atoms with van der Waals surface area (Å²) >= 11 is 0. The molecule has 0 radical (unpaired) electrons. The number of rotatable bonds is 8. The lowest BCUT2D eigenvalue weighted by molar-refractivity contribution is -0.133. The van der Waals surface area contributed by atoms with Crippen LogP contribution < -0.4 is 0 Å². The van der Waals surface area contributed by atoms with E-state index in [1.807, 2.05) is 4.90 Å². The van der Waals surface area contributed by atoms with Crippen LogP contribution in [-0.2, 0) is 16.0 Å². The highest BCUT2D eigenvalue weighted by Crippen LogP contribution is 2.23. The molecule has 2 heterocycles. The summed E-state index contributed by atoms with van der Waals surface area (Å²) in [4.78, 5) is 14.0. The van der Waals surface area contributed by atoms with Crippen molar-refractivity contribution >= 4 is 5.91 Å². The van der Waals surface area contributed by atoms with Crippen molar-refractivity contribution < 1.29 is 14.6 Å². The molecule has 2 N–H and O–H groups in total. The lowest BCUT2D eigenvalue weighted by Crippen LogP contribution is -2.44. The predicted octanol–water partition coefficient (Wildman–Crippen LogP) is 0.158. The molecule has 1 unspecified atom stereocenters. The van der Waals surface area contributed by atoms with Gasteiger partial charge < -0.3 is 14.7 Å². The van der Waals surface area contributed by atoms with E-state index in [1.54, 1.807) is 7.11 Å². The second kappa shape index (κ2) is 8.79. The van der Waals surface area contributed by atoms with E-state index in [0.29, 0.717) is 12.4 Å². The van der Waals surface area contributed by atoms with E-state index >= 15 is 0 Å². The van der Waals surface area contributed by atoms with Gasteiger partial charge in [0, 0.05) is 32.7 Å². The minimum Gasteiger partial charge on any atom is -0.393 e. The van der Waals surface area contributed by atoms with E-state index in [0.717, 1.165) is 45.3 Å².